The predicted molar refractivity (Wildman–Crippen MR) is 127 cm³/mol. The van der Waals surface area contributed by atoms with Crippen LogP contribution in [0.4, 0.5) is 0 Å². The van der Waals surface area contributed by atoms with Gasteiger partial charge in [-0.1, -0.05) is 6.07 Å². The lowest BCUT2D eigenvalue weighted by molar-refractivity contribution is 0.0420. The second kappa shape index (κ2) is 15.6. The molecule has 0 aliphatic carbocycles. The van der Waals surface area contributed by atoms with Crippen LogP contribution < -0.4 is 20.1 Å². The van der Waals surface area contributed by atoms with E-state index in [1.165, 1.54) is 5.56 Å². The zero-order valence-corrected chi connectivity index (χ0v) is 20.2. The molecule has 29 heavy (non-hydrogen) atoms. The summed E-state index contributed by atoms with van der Waals surface area (Å²) in [6.45, 7) is 6.83. The summed E-state index contributed by atoms with van der Waals surface area (Å²) in [6.07, 6.45) is 4.15. The van der Waals surface area contributed by atoms with Crippen LogP contribution in [0.5, 0.6) is 11.5 Å². The maximum atomic E-state index is 5.78. The van der Waals surface area contributed by atoms with Crippen LogP contribution in [-0.2, 0) is 15.9 Å². The molecule has 0 amide bonds. The number of halogens is 1. The van der Waals surface area contributed by atoms with Gasteiger partial charge in [-0.3, -0.25) is 4.99 Å². The Morgan fingerprint density at radius 2 is 2.00 bits per heavy atom. The smallest absolute Gasteiger partial charge is 0.191 e. The third-order valence-corrected chi connectivity index (χ3v) is 4.54. The Balaban J connectivity index is 0.00000420. The van der Waals surface area contributed by atoms with Crippen molar-refractivity contribution in [1.82, 2.24) is 10.6 Å². The second-order valence-electron chi connectivity index (χ2n) is 6.69. The summed E-state index contributed by atoms with van der Waals surface area (Å²) in [6, 6.07) is 6.05. The highest BCUT2D eigenvalue weighted by Gasteiger charge is 2.15. The van der Waals surface area contributed by atoms with Gasteiger partial charge in [-0.05, 0) is 50.3 Å². The van der Waals surface area contributed by atoms with Crippen molar-refractivity contribution in [2.24, 2.45) is 4.99 Å². The maximum absolute atomic E-state index is 5.78. The van der Waals surface area contributed by atoms with E-state index in [2.05, 4.69) is 28.6 Å². The van der Waals surface area contributed by atoms with Crippen molar-refractivity contribution in [2.75, 3.05) is 53.7 Å². The molecule has 1 atom stereocenters. The lowest BCUT2D eigenvalue weighted by Crippen LogP contribution is -2.38. The molecule has 0 spiro atoms. The quantitative estimate of drug-likeness (QED) is 0.191. The Hall–Kier alpha value is -1.26. The van der Waals surface area contributed by atoms with E-state index < -0.39 is 0 Å². The molecule has 1 heterocycles. The monoisotopic (exact) mass is 521 g/mol. The molecular weight excluding hydrogens is 485 g/mol. The average Bonchev–Trinajstić information content (AvgIpc) is 3.24. The normalized spacial score (nSPS) is 16.2. The number of guanidine groups is 1. The Morgan fingerprint density at radius 1 is 1.17 bits per heavy atom. The highest BCUT2D eigenvalue weighted by molar-refractivity contribution is 14.0. The molecule has 1 saturated heterocycles. The van der Waals surface area contributed by atoms with Gasteiger partial charge in [0.1, 0.15) is 0 Å². The largest absolute Gasteiger partial charge is 0.493 e. The first-order valence-electron chi connectivity index (χ1n) is 10.2. The number of nitrogens with zero attached hydrogens (tertiary/aromatic N) is 1. The number of aliphatic imine (C=N–C) groups is 1. The van der Waals surface area contributed by atoms with Gasteiger partial charge in [0, 0.05) is 32.8 Å². The zero-order chi connectivity index (χ0) is 20.0. The van der Waals surface area contributed by atoms with Gasteiger partial charge in [0.05, 0.1) is 26.9 Å². The molecule has 1 aliphatic rings. The van der Waals surface area contributed by atoms with Gasteiger partial charge in [0.25, 0.3) is 0 Å². The molecule has 0 saturated carbocycles. The minimum absolute atomic E-state index is 0. The van der Waals surface area contributed by atoms with Gasteiger partial charge in [-0.15, -0.1) is 24.0 Å². The van der Waals surface area contributed by atoms with Crippen molar-refractivity contribution in [1.29, 1.82) is 0 Å². The molecular formula is C21H36IN3O4. The molecule has 1 unspecified atom stereocenters. The summed E-state index contributed by atoms with van der Waals surface area (Å²) in [5.74, 6) is 2.39. The molecule has 7 nitrogen and oxygen atoms in total. The lowest BCUT2D eigenvalue weighted by atomic mass is 10.1. The van der Waals surface area contributed by atoms with E-state index in [0.29, 0.717) is 0 Å². The summed E-state index contributed by atoms with van der Waals surface area (Å²) >= 11 is 0. The Morgan fingerprint density at radius 3 is 2.69 bits per heavy atom. The molecule has 1 aromatic rings. The van der Waals surface area contributed by atoms with E-state index in [1.807, 2.05) is 12.1 Å². The second-order valence-corrected chi connectivity index (χ2v) is 6.69. The van der Waals surface area contributed by atoms with Gasteiger partial charge in [-0.25, -0.2) is 0 Å². The zero-order valence-electron chi connectivity index (χ0n) is 17.9. The van der Waals surface area contributed by atoms with E-state index in [-0.39, 0.29) is 30.1 Å². The van der Waals surface area contributed by atoms with Crippen molar-refractivity contribution in [3.05, 3.63) is 23.8 Å². The fourth-order valence-corrected chi connectivity index (χ4v) is 3.03. The fraction of sp³-hybridized carbons (Fsp3) is 0.667. The van der Waals surface area contributed by atoms with Crippen molar-refractivity contribution in [3.63, 3.8) is 0 Å². The SMILES string of the molecule is CCNC(=NCCCc1ccc(OC)c(OC)c1)NCCCOC1CCOC1.I. The van der Waals surface area contributed by atoms with Crippen molar-refractivity contribution < 1.29 is 18.9 Å². The minimum Gasteiger partial charge on any atom is -0.493 e. The third kappa shape index (κ3) is 9.86. The van der Waals surface area contributed by atoms with Gasteiger partial charge in [-0.2, -0.15) is 0 Å². The third-order valence-electron chi connectivity index (χ3n) is 4.54. The molecule has 1 fully saturated rings. The lowest BCUT2D eigenvalue weighted by Gasteiger charge is -2.13. The molecule has 2 rings (SSSR count). The first-order chi connectivity index (χ1) is 13.8. The van der Waals surface area contributed by atoms with E-state index in [0.717, 1.165) is 82.6 Å². The maximum Gasteiger partial charge on any atom is 0.191 e. The number of hydrogen-bond acceptors (Lipinski definition) is 5. The van der Waals surface area contributed by atoms with Gasteiger partial charge >= 0.3 is 0 Å². The summed E-state index contributed by atoms with van der Waals surface area (Å²) in [5.41, 5.74) is 1.22. The van der Waals surface area contributed by atoms with Crippen LogP contribution in [0.1, 0.15) is 31.7 Å². The number of methoxy groups -OCH3 is 2. The van der Waals surface area contributed by atoms with Crippen molar-refractivity contribution in [2.45, 2.75) is 38.7 Å². The van der Waals surface area contributed by atoms with Crippen LogP contribution in [0.15, 0.2) is 23.2 Å². The predicted octanol–water partition coefficient (Wildman–Crippen LogP) is 3.01. The van der Waals surface area contributed by atoms with Gasteiger partial charge in [0.15, 0.2) is 17.5 Å². The molecule has 1 aromatic carbocycles. The number of rotatable bonds is 12. The van der Waals surface area contributed by atoms with E-state index in [4.69, 9.17) is 18.9 Å². The van der Waals surface area contributed by atoms with Crippen LogP contribution in [0, 0.1) is 0 Å². The Labute approximate surface area is 191 Å². The van der Waals surface area contributed by atoms with Gasteiger partial charge < -0.3 is 29.6 Å². The standard InChI is InChI=1S/C21H35N3O4.HI/c1-4-22-21(24-12-6-13-28-18-10-14-27-16-18)23-11-5-7-17-8-9-19(25-2)20(15-17)26-3;/h8-9,15,18H,4-7,10-14,16H2,1-3H3,(H2,22,23,24);1H. The molecule has 0 radical (unpaired) electrons. The highest BCUT2D eigenvalue weighted by atomic mass is 127. The topological polar surface area (TPSA) is 73.3 Å². The summed E-state index contributed by atoms with van der Waals surface area (Å²) in [4.78, 5) is 4.66. The molecule has 0 aromatic heterocycles. The average molecular weight is 521 g/mol. The molecule has 8 heteroatoms. The molecule has 2 N–H and O–H groups in total. The number of hydrogen-bond donors (Lipinski definition) is 2. The van der Waals surface area contributed by atoms with Gasteiger partial charge in [0.2, 0.25) is 0 Å². The van der Waals surface area contributed by atoms with E-state index in [1.54, 1.807) is 14.2 Å². The first kappa shape index (κ1) is 25.8. The van der Waals surface area contributed by atoms with E-state index in [9.17, 15) is 0 Å². The molecule has 1 aliphatic heterocycles. The number of aryl methyl sites for hydroxylation is 1. The van der Waals surface area contributed by atoms with E-state index >= 15 is 0 Å². The fourth-order valence-electron chi connectivity index (χ4n) is 3.03. The van der Waals surface area contributed by atoms with Crippen LogP contribution in [0.25, 0.3) is 0 Å². The first-order valence-corrected chi connectivity index (χ1v) is 10.2. The number of benzene rings is 1. The van der Waals surface area contributed by atoms with Crippen molar-refractivity contribution in [3.8, 4) is 11.5 Å². The Bertz CT molecular complexity index is 595. The minimum atomic E-state index is 0. The number of ether oxygens (including phenoxy) is 4. The molecule has 0 bridgehead atoms. The number of nitrogens with one attached hydrogen (secondary N) is 2. The van der Waals surface area contributed by atoms with Crippen LogP contribution >= 0.6 is 24.0 Å². The summed E-state index contributed by atoms with van der Waals surface area (Å²) in [5, 5.41) is 6.66. The Kier molecular flexibility index (Phi) is 13.8. The van der Waals surface area contributed by atoms with Crippen LogP contribution in [-0.4, -0.2) is 65.7 Å². The van der Waals surface area contributed by atoms with Crippen LogP contribution in [0.2, 0.25) is 0 Å². The summed E-state index contributed by atoms with van der Waals surface area (Å²) < 4.78 is 21.7. The van der Waals surface area contributed by atoms with Crippen molar-refractivity contribution >= 4 is 29.9 Å². The highest BCUT2D eigenvalue weighted by Crippen LogP contribution is 2.27. The summed E-state index contributed by atoms with van der Waals surface area (Å²) in [7, 11) is 3.31. The molecule has 166 valence electrons. The van der Waals surface area contributed by atoms with Crippen LogP contribution in [0.3, 0.4) is 0 Å².